The van der Waals surface area contributed by atoms with Gasteiger partial charge in [-0.15, -0.1) is 0 Å². The topological polar surface area (TPSA) is 89.5 Å². The van der Waals surface area contributed by atoms with Gasteiger partial charge in [0.15, 0.2) is 0 Å². The maximum atomic E-state index is 14.0. The first-order chi connectivity index (χ1) is 20.8. The third-order valence-corrected chi connectivity index (χ3v) is 8.58. The Bertz CT molecular complexity index is 1590. The van der Waals surface area contributed by atoms with Crippen LogP contribution >= 0.6 is 15.6 Å². The van der Waals surface area contributed by atoms with Gasteiger partial charge in [-0.2, -0.15) is 4.57 Å². The summed E-state index contributed by atoms with van der Waals surface area (Å²) in [5.41, 5.74) is 1.42. The van der Waals surface area contributed by atoms with Crippen LogP contribution in [0.3, 0.4) is 0 Å². The van der Waals surface area contributed by atoms with Crippen molar-refractivity contribution in [3.8, 4) is 23.0 Å². The first-order valence-corrected chi connectivity index (χ1v) is 16.4. The van der Waals surface area contributed by atoms with Crippen LogP contribution in [-0.2, 0) is 18.2 Å². The van der Waals surface area contributed by atoms with Crippen LogP contribution in [0, 0.1) is 0 Å². The van der Waals surface area contributed by atoms with Crippen molar-refractivity contribution < 1.29 is 36.3 Å². The standard InChI is InChI=1S/C33H30O8P2/c1-26(2)32-25-31(40-42(34,36-27-15-7-3-8-16-27)37-28-17-9-4-10-18-28)23-24-33(32)41-43(35,38-29-19-11-5-12-20-29)39-30-21-13-6-14-22-30/h3-25,33H,1-2H3. The van der Waals surface area contributed by atoms with Crippen molar-refractivity contribution in [2.24, 2.45) is 0 Å². The van der Waals surface area contributed by atoms with Crippen LogP contribution in [0.4, 0.5) is 0 Å². The Balaban J connectivity index is 1.40. The summed E-state index contributed by atoms with van der Waals surface area (Å²) < 4.78 is 63.0. The molecule has 4 aromatic carbocycles. The molecule has 1 unspecified atom stereocenters. The van der Waals surface area contributed by atoms with Crippen molar-refractivity contribution in [3.05, 3.63) is 156 Å². The summed E-state index contributed by atoms with van der Waals surface area (Å²) in [6.45, 7) is 3.72. The van der Waals surface area contributed by atoms with Crippen LogP contribution in [0.2, 0.25) is 0 Å². The van der Waals surface area contributed by atoms with Crippen LogP contribution in [0.25, 0.3) is 0 Å². The molecule has 0 N–H and O–H groups in total. The number of hydrogen-bond acceptors (Lipinski definition) is 8. The number of para-hydroxylation sites is 4. The van der Waals surface area contributed by atoms with Crippen LogP contribution in [0.15, 0.2) is 156 Å². The zero-order valence-electron chi connectivity index (χ0n) is 23.5. The van der Waals surface area contributed by atoms with Crippen molar-refractivity contribution in [1.29, 1.82) is 0 Å². The van der Waals surface area contributed by atoms with Crippen LogP contribution in [0.5, 0.6) is 23.0 Å². The monoisotopic (exact) mass is 616 g/mol. The molecule has 0 heterocycles. The van der Waals surface area contributed by atoms with Gasteiger partial charge >= 0.3 is 15.6 Å². The van der Waals surface area contributed by atoms with E-state index in [0.29, 0.717) is 28.6 Å². The van der Waals surface area contributed by atoms with Gasteiger partial charge in [0, 0.05) is 0 Å². The molecule has 0 saturated carbocycles. The molecule has 8 nitrogen and oxygen atoms in total. The lowest BCUT2D eigenvalue weighted by molar-refractivity contribution is 0.189. The molecule has 1 aliphatic carbocycles. The number of benzene rings is 4. The zero-order chi connectivity index (χ0) is 30.1. The van der Waals surface area contributed by atoms with E-state index >= 15 is 0 Å². The van der Waals surface area contributed by atoms with E-state index in [1.807, 2.05) is 38.1 Å². The summed E-state index contributed by atoms with van der Waals surface area (Å²) in [4.78, 5) is 0. The summed E-state index contributed by atoms with van der Waals surface area (Å²) in [5.74, 6) is 1.44. The normalized spacial score (nSPS) is 14.8. The minimum Gasteiger partial charge on any atom is -0.395 e. The van der Waals surface area contributed by atoms with Crippen LogP contribution in [0.1, 0.15) is 13.8 Å². The maximum absolute atomic E-state index is 14.0. The van der Waals surface area contributed by atoms with Gasteiger partial charge in [0.2, 0.25) is 0 Å². The highest BCUT2D eigenvalue weighted by molar-refractivity contribution is 7.49. The van der Waals surface area contributed by atoms with E-state index in [1.54, 1.807) is 115 Å². The van der Waals surface area contributed by atoms with Gasteiger partial charge < -0.3 is 22.6 Å². The minimum absolute atomic E-state index is 0.189. The zero-order valence-corrected chi connectivity index (χ0v) is 25.3. The fourth-order valence-corrected chi connectivity index (χ4v) is 6.56. The van der Waals surface area contributed by atoms with E-state index < -0.39 is 21.7 Å². The van der Waals surface area contributed by atoms with E-state index in [4.69, 9.17) is 27.1 Å². The molecule has 4 aromatic rings. The number of hydrogen-bond donors (Lipinski definition) is 0. The second kappa shape index (κ2) is 13.7. The predicted octanol–water partition coefficient (Wildman–Crippen LogP) is 9.71. The Morgan fingerprint density at radius 3 is 1.28 bits per heavy atom. The molecule has 0 fully saturated rings. The quantitative estimate of drug-likeness (QED) is 0.145. The van der Waals surface area contributed by atoms with Gasteiger partial charge in [-0.3, -0.25) is 4.52 Å². The van der Waals surface area contributed by atoms with Crippen molar-refractivity contribution in [1.82, 2.24) is 0 Å². The van der Waals surface area contributed by atoms with Crippen LogP contribution < -0.4 is 18.1 Å². The average Bonchev–Trinajstić information content (AvgIpc) is 2.99. The highest BCUT2D eigenvalue weighted by Gasteiger charge is 2.38. The lowest BCUT2D eigenvalue weighted by Gasteiger charge is -2.27. The van der Waals surface area contributed by atoms with Gasteiger partial charge in [0.25, 0.3) is 0 Å². The third-order valence-electron chi connectivity index (χ3n) is 5.92. The van der Waals surface area contributed by atoms with Crippen molar-refractivity contribution in [3.63, 3.8) is 0 Å². The molecule has 0 bridgehead atoms. The average molecular weight is 617 g/mol. The lowest BCUT2D eigenvalue weighted by atomic mass is 10.00. The molecule has 1 aliphatic rings. The number of phosphoric ester groups is 2. The van der Waals surface area contributed by atoms with Crippen molar-refractivity contribution in [2.45, 2.75) is 20.0 Å². The summed E-state index contributed by atoms with van der Waals surface area (Å²) in [7, 11) is -8.45. The predicted molar refractivity (Wildman–Crippen MR) is 165 cm³/mol. The maximum Gasteiger partial charge on any atom is 0.647 e. The molecular formula is C33H30O8P2. The number of phosphoric acid groups is 2. The largest absolute Gasteiger partial charge is 0.647 e. The number of allylic oxidation sites excluding steroid dienone is 2. The van der Waals surface area contributed by atoms with Gasteiger partial charge in [-0.25, -0.2) is 4.57 Å². The molecule has 0 radical (unpaired) electrons. The Hall–Kier alpha value is -4.48. The summed E-state index contributed by atoms with van der Waals surface area (Å²) in [6.07, 6.45) is 3.94. The van der Waals surface area contributed by atoms with E-state index in [-0.39, 0.29) is 5.76 Å². The second-order valence-corrected chi connectivity index (χ2v) is 12.4. The first-order valence-electron chi connectivity index (χ1n) is 13.4. The smallest absolute Gasteiger partial charge is 0.395 e. The summed E-state index contributed by atoms with van der Waals surface area (Å²) >= 11 is 0. The first kappa shape index (κ1) is 30.0. The highest BCUT2D eigenvalue weighted by Crippen LogP contribution is 2.54. The summed E-state index contributed by atoms with van der Waals surface area (Å²) in [5, 5.41) is 0. The van der Waals surface area contributed by atoms with E-state index in [2.05, 4.69) is 0 Å². The molecule has 0 spiro atoms. The second-order valence-electron chi connectivity index (χ2n) is 9.49. The van der Waals surface area contributed by atoms with Crippen molar-refractivity contribution in [2.75, 3.05) is 0 Å². The van der Waals surface area contributed by atoms with Gasteiger partial charge in [0.05, 0.1) is 0 Å². The SMILES string of the molecule is CC(C)=C1C=C(OP(=O)(Oc2ccccc2)Oc2ccccc2)C=CC1OP(=O)(Oc1ccccc1)Oc1ccccc1. The lowest BCUT2D eigenvalue weighted by Crippen LogP contribution is -2.19. The Kier molecular flexibility index (Phi) is 9.53. The molecule has 0 amide bonds. The van der Waals surface area contributed by atoms with E-state index in [0.717, 1.165) is 5.57 Å². The molecule has 0 saturated heterocycles. The molecule has 5 rings (SSSR count). The fourth-order valence-electron chi connectivity index (χ4n) is 3.97. The van der Waals surface area contributed by atoms with E-state index in [1.165, 1.54) is 0 Å². The Morgan fingerprint density at radius 1 is 0.535 bits per heavy atom. The molecule has 220 valence electrons. The van der Waals surface area contributed by atoms with Crippen molar-refractivity contribution >= 4 is 15.6 Å². The van der Waals surface area contributed by atoms with Crippen LogP contribution in [-0.4, -0.2) is 6.10 Å². The Labute approximate surface area is 251 Å². The van der Waals surface area contributed by atoms with Gasteiger partial charge in [-0.1, -0.05) is 78.4 Å². The van der Waals surface area contributed by atoms with Gasteiger partial charge in [0.1, 0.15) is 34.9 Å². The molecule has 10 heteroatoms. The Morgan fingerprint density at radius 2 is 0.907 bits per heavy atom. The van der Waals surface area contributed by atoms with Gasteiger partial charge in [-0.05, 0) is 86.2 Å². The minimum atomic E-state index is -4.23. The fraction of sp³-hybridized carbons (Fsp3) is 0.0909. The van der Waals surface area contributed by atoms with E-state index in [9.17, 15) is 9.13 Å². The number of rotatable bonds is 12. The molecule has 0 aromatic heterocycles. The third kappa shape index (κ3) is 8.52. The highest BCUT2D eigenvalue weighted by atomic mass is 31.2. The molecule has 1 atom stereocenters. The molecular weight excluding hydrogens is 586 g/mol. The molecule has 43 heavy (non-hydrogen) atoms. The summed E-state index contributed by atoms with van der Waals surface area (Å²) in [6, 6.07) is 34.5. The molecule has 0 aliphatic heterocycles.